The highest BCUT2D eigenvalue weighted by molar-refractivity contribution is 6.03. The first-order valence-electron chi connectivity index (χ1n) is 8.01. The number of hydrogen-bond donors (Lipinski definition) is 3. The van der Waals surface area contributed by atoms with E-state index in [0.29, 0.717) is 18.6 Å². The third kappa shape index (κ3) is 3.87. The number of imide groups is 1. The third-order valence-corrected chi connectivity index (χ3v) is 4.47. The van der Waals surface area contributed by atoms with Crippen LogP contribution in [0, 0.1) is 5.92 Å². The van der Waals surface area contributed by atoms with Crippen LogP contribution in [0.15, 0.2) is 18.5 Å². The lowest BCUT2D eigenvalue weighted by Crippen LogP contribution is -2.45. The molecule has 25 heavy (non-hydrogen) atoms. The van der Waals surface area contributed by atoms with E-state index in [1.54, 1.807) is 18.5 Å². The van der Waals surface area contributed by atoms with Gasteiger partial charge in [0, 0.05) is 6.20 Å². The van der Waals surface area contributed by atoms with Crippen LogP contribution in [0.5, 0.6) is 5.75 Å². The van der Waals surface area contributed by atoms with Gasteiger partial charge >= 0.3 is 6.03 Å². The van der Waals surface area contributed by atoms with Crippen molar-refractivity contribution in [3.8, 4) is 5.75 Å². The number of carbonyl (C=O) groups excluding carboxylic acids is 3. The first kappa shape index (κ1) is 17.2. The van der Waals surface area contributed by atoms with Crippen molar-refractivity contribution in [1.29, 1.82) is 0 Å². The first-order chi connectivity index (χ1) is 12.0. The van der Waals surface area contributed by atoms with Crippen LogP contribution in [-0.4, -0.2) is 59.1 Å². The minimum atomic E-state index is -0.571. The Bertz CT molecular complexity index is 689. The molecular formula is C16H20N4O5. The lowest BCUT2D eigenvalue weighted by Gasteiger charge is -2.38. The predicted molar refractivity (Wildman–Crippen MR) is 85.5 cm³/mol. The SMILES string of the molecule is COc1cncc([C@H](NC(=O)CN2CC(=O)NC2=O)C2CC(O)C2)c1. The average Bonchev–Trinajstić information content (AvgIpc) is 2.87. The van der Waals surface area contributed by atoms with Crippen LogP contribution in [0.4, 0.5) is 4.79 Å². The molecule has 1 atom stereocenters. The Morgan fingerprint density at radius 3 is 2.84 bits per heavy atom. The molecule has 0 aromatic carbocycles. The third-order valence-electron chi connectivity index (χ3n) is 4.47. The molecule has 2 aliphatic rings. The monoisotopic (exact) mass is 348 g/mol. The highest BCUT2D eigenvalue weighted by Gasteiger charge is 2.37. The van der Waals surface area contributed by atoms with E-state index < -0.39 is 11.9 Å². The fourth-order valence-electron chi connectivity index (χ4n) is 3.10. The van der Waals surface area contributed by atoms with E-state index in [1.165, 1.54) is 7.11 Å². The van der Waals surface area contributed by atoms with Crippen molar-refractivity contribution in [2.24, 2.45) is 5.92 Å². The summed E-state index contributed by atoms with van der Waals surface area (Å²) in [6, 6.07) is 0.869. The van der Waals surface area contributed by atoms with Gasteiger partial charge in [0.2, 0.25) is 11.8 Å². The maximum absolute atomic E-state index is 12.4. The number of carbonyl (C=O) groups is 3. The zero-order valence-corrected chi connectivity index (χ0v) is 13.8. The number of urea groups is 1. The van der Waals surface area contributed by atoms with Gasteiger partial charge in [0.05, 0.1) is 25.5 Å². The van der Waals surface area contributed by atoms with E-state index in [-0.39, 0.29) is 37.1 Å². The lowest BCUT2D eigenvalue weighted by atomic mass is 9.75. The van der Waals surface area contributed by atoms with Crippen molar-refractivity contribution in [2.75, 3.05) is 20.2 Å². The second-order valence-corrected chi connectivity index (χ2v) is 6.30. The number of ether oxygens (including phenoxy) is 1. The second-order valence-electron chi connectivity index (χ2n) is 6.30. The van der Waals surface area contributed by atoms with E-state index in [1.807, 2.05) is 0 Å². The minimum Gasteiger partial charge on any atom is -0.495 e. The molecule has 1 saturated heterocycles. The summed E-state index contributed by atoms with van der Waals surface area (Å²) in [5.41, 5.74) is 0.770. The molecule has 1 saturated carbocycles. The molecule has 4 amide bonds. The molecule has 2 heterocycles. The number of aromatic nitrogens is 1. The number of hydrogen-bond acceptors (Lipinski definition) is 6. The van der Waals surface area contributed by atoms with Gasteiger partial charge in [-0.1, -0.05) is 0 Å². The van der Waals surface area contributed by atoms with Crippen LogP contribution in [0.1, 0.15) is 24.4 Å². The molecule has 9 nitrogen and oxygen atoms in total. The number of rotatable bonds is 6. The van der Waals surface area contributed by atoms with Crippen molar-refractivity contribution in [2.45, 2.75) is 25.0 Å². The molecule has 1 aliphatic carbocycles. The number of methoxy groups -OCH3 is 1. The maximum Gasteiger partial charge on any atom is 0.325 e. The van der Waals surface area contributed by atoms with E-state index in [9.17, 15) is 19.5 Å². The Balaban J connectivity index is 1.70. The molecule has 0 radical (unpaired) electrons. The van der Waals surface area contributed by atoms with Crippen LogP contribution in [-0.2, 0) is 9.59 Å². The first-order valence-corrected chi connectivity index (χ1v) is 8.01. The molecule has 0 unspecified atom stereocenters. The lowest BCUT2D eigenvalue weighted by molar-refractivity contribution is -0.123. The largest absolute Gasteiger partial charge is 0.495 e. The summed E-state index contributed by atoms with van der Waals surface area (Å²) in [5.74, 6) is -0.157. The van der Waals surface area contributed by atoms with E-state index in [4.69, 9.17) is 4.74 Å². The van der Waals surface area contributed by atoms with Crippen LogP contribution in [0.2, 0.25) is 0 Å². The highest BCUT2D eigenvalue weighted by atomic mass is 16.5. The van der Waals surface area contributed by atoms with Crippen molar-refractivity contribution >= 4 is 17.8 Å². The zero-order valence-electron chi connectivity index (χ0n) is 13.8. The number of nitrogens with zero attached hydrogens (tertiary/aromatic N) is 2. The second kappa shape index (κ2) is 7.06. The Morgan fingerprint density at radius 2 is 2.24 bits per heavy atom. The van der Waals surface area contributed by atoms with E-state index in [0.717, 1.165) is 10.5 Å². The Hall–Kier alpha value is -2.68. The quantitative estimate of drug-likeness (QED) is 0.600. The number of aliphatic hydroxyl groups is 1. The topological polar surface area (TPSA) is 121 Å². The number of aliphatic hydroxyl groups excluding tert-OH is 1. The van der Waals surface area contributed by atoms with Gasteiger partial charge in [-0.15, -0.1) is 0 Å². The zero-order chi connectivity index (χ0) is 18.0. The molecule has 3 N–H and O–H groups in total. The summed E-state index contributed by atoms with van der Waals surface area (Å²) < 4.78 is 5.17. The standard InChI is InChI=1S/C16H20N4O5/c1-25-12-4-10(5-17-6-12)15(9-2-11(21)3-9)18-13(22)7-20-8-14(23)19-16(20)24/h4-6,9,11,15,21H,2-3,7-8H2,1H3,(H,18,22)(H,19,23,24)/t9?,11?,15-/m1/s1. The summed E-state index contributed by atoms with van der Waals surface area (Å²) in [5, 5.41) is 14.6. The van der Waals surface area contributed by atoms with Gasteiger partial charge in [0.25, 0.3) is 0 Å². The summed E-state index contributed by atoms with van der Waals surface area (Å²) in [4.78, 5) is 40.4. The van der Waals surface area contributed by atoms with Crippen LogP contribution in [0.25, 0.3) is 0 Å². The van der Waals surface area contributed by atoms with Crippen LogP contribution < -0.4 is 15.4 Å². The molecule has 3 rings (SSSR count). The fourth-order valence-corrected chi connectivity index (χ4v) is 3.10. The normalized spacial score (nSPS) is 23.7. The average molecular weight is 348 g/mol. The number of nitrogens with one attached hydrogen (secondary N) is 2. The molecule has 1 aliphatic heterocycles. The molecule has 134 valence electrons. The predicted octanol–water partition coefficient (Wildman–Crippen LogP) is -0.430. The highest BCUT2D eigenvalue weighted by Crippen LogP contribution is 2.38. The smallest absolute Gasteiger partial charge is 0.325 e. The molecule has 1 aromatic heterocycles. The summed E-state index contributed by atoms with van der Waals surface area (Å²) in [6.07, 6.45) is 3.99. The molecular weight excluding hydrogens is 328 g/mol. The maximum atomic E-state index is 12.4. The van der Waals surface area contributed by atoms with Crippen LogP contribution >= 0.6 is 0 Å². The Morgan fingerprint density at radius 1 is 1.48 bits per heavy atom. The fraction of sp³-hybridized carbons (Fsp3) is 0.500. The molecule has 2 fully saturated rings. The van der Waals surface area contributed by atoms with Crippen molar-refractivity contribution < 1.29 is 24.2 Å². The van der Waals surface area contributed by atoms with Gasteiger partial charge in [0.1, 0.15) is 18.8 Å². The Labute approximate surface area is 144 Å². The van der Waals surface area contributed by atoms with Gasteiger partial charge in [-0.05, 0) is 30.4 Å². The van der Waals surface area contributed by atoms with Gasteiger partial charge in [-0.3, -0.25) is 19.9 Å². The van der Waals surface area contributed by atoms with E-state index in [2.05, 4.69) is 15.6 Å². The number of pyridine rings is 1. The minimum absolute atomic E-state index is 0.0712. The van der Waals surface area contributed by atoms with Crippen molar-refractivity contribution in [1.82, 2.24) is 20.5 Å². The van der Waals surface area contributed by atoms with Gasteiger partial charge in [-0.25, -0.2) is 4.79 Å². The van der Waals surface area contributed by atoms with E-state index >= 15 is 0 Å². The summed E-state index contributed by atoms with van der Waals surface area (Å²) in [7, 11) is 1.53. The summed E-state index contributed by atoms with van der Waals surface area (Å²) in [6.45, 7) is -0.333. The number of amides is 4. The van der Waals surface area contributed by atoms with Crippen molar-refractivity contribution in [3.05, 3.63) is 24.0 Å². The van der Waals surface area contributed by atoms with Gasteiger partial charge in [0.15, 0.2) is 0 Å². The van der Waals surface area contributed by atoms with Crippen LogP contribution in [0.3, 0.4) is 0 Å². The molecule has 0 spiro atoms. The Kier molecular flexibility index (Phi) is 4.84. The summed E-state index contributed by atoms with van der Waals surface area (Å²) >= 11 is 0. The van der Waals surface area contributed by atoms with Gasteiger partial charge in [-0.2, -0.15) is 0 Å². The van der Waals surface area contributed by atoms with Gasteiger partial charge < -0.3 is 20.1 Å². The molecule has 9 heteroatoms. The van der Waals surface area contributed by atoms with Crippen molar-refractivity contribution in [3.63, 3.8) is 0 Å². The molecule has 0 bridgehead atoms. The molecule has 1 aromatic rings.